The van der Waals surface area contributed by atoms with Gasteiger partial charge in [-0.1, -0.05) is 12.1 Å². The van der Waals surface area contributed by atoms with Crippen LogP contribution in [0.1, 0.15) is 27.6 Å². The molecular formula is C24H15NO7. The molecule has 0 saturated heterocycles. The first-order chi connectivity index (χ1) is 15.4. The van der Waals surface area contributed by atoms with Gasteiger partial charge < -0.3 is 13.6 Å². The summed E-state index contributed by atoms with van der Waals surface area (Å²) in [6.07, 6.45) is 1.47. The summed E-state index contributed by atoms with van der Waals surface area (Å²) in [4.78, 5) is 51.3. The number of benzene rings is 2. The van der Waals surface area contributed by atoms with Crippen LogP contribution in [0.25, 0.3) is 22.5 Å². The Morgan fingerprint density at radius 1 is 0.906 bits per heavy atom. The smallest absolute Gasteiger partial charge is 0.334 e. The number of ether oxygens (including phenoxy) is 1. The van der Waals surface area contributed by atoms with E-state index in [9.17, 15) is 19.2 Å². The van der Waals surface area contributed by atoms with Gasteiger partial charge in [0.2, 0.25) is 0 Å². The maximum Gasteiger partial charge on any atom is 0.334 e. The molecule has 1 aliphatic heterocycles. The second-order valence-corrected chi connectivity index (χ2v) is 7.23. The van der Waals surface area contributed by atoms with Crippen LogP contribution >= 0.6 is 0 Å². The number of carbonyl (C=O) groups is 3. The van der Waals surface area contributed by atoms with Crippen LogP contribution in [0, 0.1) is 0 Å². The van der Waals surface area contributed by atoms with Crippen molar-refractivity contribution in [1.29, 1.82) is 0 Å². The van der Waals surface area contributed by atoms with Crippen molar-refractivity contribution in [1.82, 2.24) is 4.90 Å². The number of amides is 2. The van der Waals surface area contributed by atoms with E-state index in [2.05, 4.69) is 0 Å². The van der Waals surface area contributed by atoms with Gasteiger partial charge in [0.05, 0.1) is 22.8 Å². The zero-order valence-corrected chi connectivity index (χ0v) is 16.7. The van der Waals surface area contributed by atoms with E-state index in [0.29, 0.717) is 5.76 Å². The van der Waals surface area contributed by atoms with Gasteiger partial charge in [-0.05, 0) is 49.4 Å². The average molecular weight is 429 g/mol. The third-order valence-corrected chi connectivity index (χ3v) is 5.23. The van der Waals surface area contributed by atoms with Crippen molar-refractivity contribution in [3.63, 3.8) is 0 Å². The fourth-order valence-corrected chi connectivity index (χ4v) is 3.61. The first-order valence-corrected chi connectivity index (χ1v) is 9.74. The van der Waals surface area contributed by atoms with Crippen LogP contribution in [0.5, 0.6) is 5.75 Å². The van der Waals surface area contributed by atoms with Crippen LogP contribution < -0.4 is 10.2 Å². The summed E-state index contributed by atoms with van der Waals surface area (Å²) >= 11 is 0. The Kier molecular flexibility index (Phi) is 4.48. The fraction of sp³-hybridized carbons (Fsp3) is 0.0833. The first kappa shape index (κ1) is 19.5. The van der Waals surface area contributed by atoms with Crippen LogP contribution in [0.4, 0.5) is 0 Å². The molecule has 5 rings (SSSR count). The van der Waals surface area contributed by atoms with Gasteiger partial charge in [-0.3, -0.25) is 19.3 Å². The molecule has 0 unspecified atom stereocenters. The molecule has 4 aromatic rings. The van der Waals surface area contributed by atoms with Crippen molar-refractivity contribution in [3.8, 4) is 17.3 Å². The van der Waals surface area contributed by atoms with E-state index in [1.54, 1.807) is 24.3 Å². The van der Waals surface area contributed by atoms with Gasteiger partial charge in [0.1, 0.15) is 17.4 Å². The first-order valence-electron chi connectivity index (χ1n) is 9.74. The molecule has 3 heterocycles. The Balaban J connectivity index is 1.40. The number of nitrogens with zero attached hydrogens (tertiary/aromatic N) is 1. The maximum atomic E-state index is 12.7. The van der Waals surface area contributed by atoms with E-state index < -0.39 is 23.8 Å². The standard InChI is InChI=1S/C24H15NO7/c1-13(25-22(27)15-5-2-3-6-16(15)23(25)28)24(29)31-14-8-9-19-17(11-14)18(26)12-21(32-19)20-7-4-10-30-20/h2-13H,1H3/t13-/m1/s1. The molecule has 0 radical (unpaired) electrons. The average Bonchev–Trinajstić information content (AvgIpc) is 3.41. The van der Waals surface area contributed by atoms with Crippen LogP contribution in [-0.2, 0) is 4.79 Å². The summed E-state index contributed by atoms with van der Waals surface area (Å²) in [6, 6.07) is 14.2. The van der Waals surface area contributed by atoms with E-state index in [1.807, 2.05) is 0 Å². The van der Waals surface area contributed by atoms with Crippen molar-refractivity contribution in [2.75, 3.05) is 0 Å². The minimum Gasteiger partial charge on any atom is -0.461 e. The van der Waals surface area contributed by atoms with Gasteiger partial charge in [0, 0.05) is 6.07 Å². The Labute approximate surface area is 180 Å². The highest BCUT2D eigenvalue weighted by atomic mass is 16.5. The van der Waals surface area contributed by atoms with Gasteiger partial charge in [-0.2, -0.15) is 0 Å². The number of fused-ring (bicyclic) bond motifs is 2. The molecule has 0 saturated carbocycles. The second-order valence-electron chi connectivity index (χ2n) is 7.23. The minimum absolute atomic E-state index is 0.0870. The maximum absolute atomic E-state index is 12.7. The SMILES string of the molecule is C[C@H](C(=O)Oc1ccc2oc(-c3ccco3)cc(=O)c2c1)N1C(=O)c2ccccc2C1=O. The van der Waals surface area contributed by atoms with E-state index in [0.717, 1.165) is 4.90 Å². The topological polar surface area (TPSA) is 107 Å². The normalized spacial score (nSPS) is 14.0. The second kappa shape index (κ2) is 7.35. The third-order valence-electron chi connectivity index (χ3n) is 5.23. The predicted molar refractivity (Wildman–Crippen MR) is 112 cm³/mol. The molecule has 8 heteroatoms. The van der Waals surface area contributed by atoms with Gasteiger partial charge in [-0.25, -0.2) is 4.79 Å². The van der Waals surface area contributed by atoms with Crippen molar-refractivity contribution < 1.29 is 28.0 Å². The predicted octanol–water partition coefficient (Wildman–Crippen LogP) is 3.64. The largest absolute Gasteiger partial charge is 0.461 e. The lowest BCUT2D eigenvalue weighted by Crippen LogP contribution is -2.44. The minimum atomic E-state index is -1.16. The van der Waals surface area contributed by atoms with E-state index in [1.165, 1.54) is 49.6 Å². The zero-order valence-electron chi connectivity index (χ0n) is 16.7. The molecule has 0 N–H and O–H groups in total. The number of furan rings is 1. The summed E-state index contributed by atoms with van der Waals surface area (Å²) < 4.78 is 16.3. The van der Waals surface area contributed by atoms with Crippen LogP contribution in [0.2, 0.25) is 0 Å². The van der Waals surface area contributed by atoms with Crippen LogP contribution in [0.3, 0.4) is 0 Å². The Morgan fingerprint density at radius 3 is 2.28 bits per heavy atom. The van der Waals surface area contributed by atoms with Crippen molar-refractivity contribution >= 4 is 28.8 Å². The summed E-state index contributed by atoms with van der Waals surface area (Å²) in [5, 5.41) is 0.207. The molecule has 1 atom stereocenters. The van der Waals surface area contributed by atoms with Crippen LogP contribution in [0.15, 0.2) is 80.6 Å². The molecule has 1 aliphatic rings. The van der Waals surface area contributed by atoms with E-state index in [-0.39, 0.29) is 39.0 Å². The quantitative estimate of drug-likeness (QED) is 0.277. The molecule has 2 aromatic carbocycles. The van der Waals surface area contributed by atoms with Crippen molar-refractivity contribution in [2.24, 2.45) is 0 Å². The molecule has 158 valence electrons. The van der Waals surface area contributed by atoms with E-state index in [4.69, 9.17) is 13.6 Å². The third kappa shape index (κ3) is 3.09. The lowest BCUT2D eigenvalue weighted by Gasteiger charge is -2.20. The van der Waals surface area contributed by atoms with Gasteiger partial charge in [0.15, 0.2) is 16.9 Å². The Morgan fingerprint density at radius 2 is 1.62 bits per heavy atom. The number of hydrogen-bond acceptors (Lipinski definition) is 7. The number of imide groups is 1. The van der Waals surface area contributed by atoms with Crippen molar-refractivity contribution in [2.45, 2.75) is 13.0 Å². The summed E-state index contributed by atoms with van der Waals surface area (Å²) in [5.74, 6) is -1.15. The Hall–Kier alpha value is -4.46. The molecule has 2 amide bonds. The lowest BCUT2D eigenvalue weighted by atomic mass is 10.1. The molecule has 0 spiro atoms. The highest BCUT2D eigenvalue weighted by Crippen LogP contribution is 2.27. The molecule has 2 aromatic heterocycles. The van der Waals surface area contributed by atoms with Gasteiger partial charge >= 0.3 is 5.97 Å². The lowest BCUT2D eigenvalue weighted by molar-refractivity contribution is -0.138. The fourth-order valence-electron chi connectivity index (χ4n) is 3.61. The monoisotopic (exact) mass is 429 g/mol. The number of esters is 1. The highest BCUT2D eigenvalue weighted by Gasteiger charge is 2.41. The molecule has 0 fully saturated rings. The van der Waals surface area contributed by atoms with Crippen LogP contribution in [-0.4, -0.2) is 28.7 Å². The number of hydrogen-bond donors (Lipinski definition) is 0. The Bertz CT molecular complexity index is 1410. The van der Waals surface area contributed by atoms with Crippen molar-refractivity contribution in [3.05, 3.63) is 88.3 Å². The number of rotatable bonds is 4. The molecule has 8 nitrogen and oxygen atoms in total. The summed E-state index contributed by atoms with van der Waals surface area (Å²) in [7, 11) is 0. The highest BCUT2D eigenvalue weighted by molar-refractivity contribution is 6.22. The summed E-state index contributed by atoms with van der Waals surface area (Å²) in [5.41, 5.74) is 0.432. The van der Waals surface area contributed by atoms with Gasteiger partial charge in [0.25, 0.3) is 11.8 Å². The number of carbonyl (C=O) groups excluding carboxylic acids is 3. The molecule has 0 aliphatic carbocycles. The summed E-state index contributed by atoms with van der Waals surface area (Å²) in [6.45, 7) is 1.41. The molecule has 0 bridgehead atoms. The van der Waals surface area contributed by atoms with Gasteiger partial charge in [-0.15, -0.1) is 0 Å². The molecular weight excluding hydrogens is 414 g/mol. The van der Waals surface area contributed by atoms with E-state index >= 15 is 0 Å². The molecule has 32 heavy (non-hydrogen) atoms. The zero-order chi connectivity index (χ0) is 22.4.